The monoisotopic (exact) mass is 412 g/mol. The Balaban J connectivity index is 1.55. The highest BCUT2D eigenvalue weighted by Crippen LogP contribution is 2.34. The molecule has 3 aromatic rings. The van der Waals surface area contributed by atoms with Crippen LogP contribution in [0.1, 0.15) is 35.2 Å². The molecule has 1 aliphatic heterocycles. The van der Waals surface area contributed by atoms with Crippen LogP contribution in [0.2, 0.25) is 5.02 Å². The third-order valence-electron chi connectivity index (χ3n) is 5.34. The van der Waals surface area contributed by atoms with Crippen molar-refractivity contribution in [2.24, 2.45) is 0 Å². The maximum Gasteiger partial charge on any atom is 0.161 e. The molecule has 3 heterocycles. The Bertz CT molecular complexity index is 979. The van der Waals surface area contributed by atoms with E-state index in [1.165, 1.54) is 24.1 Å². The molecule has 0 bridgehead atoms. The fourth-order valence-corrected chi connectivity index (χ4v) is 4.84. The smallest absolute Gasteiger partial charge is 0.161 e. The largest absolute Gasteiger partial charge is 0.367 e. The molecule has 0 saturated carbocycles. The molecule has 1 aromatic carbocycles. The average Bonchev–Trinajstić information content (AvgIpc) is 3.28. The fourth-order valence-electron chi connectivity index (χ4n) is 3.98. The van der Waals surface area contributed by atoms with Gasteiger partial charge in [0.05, 0.1) is 13.2 Å². The zero-order valence-electron chi connectivity index (χ0n) is 15.5. The molecule has 1 saturated heterocycles. The van der Waals surface area contributed by atoms with Crippen molar-refractivity contribution >= 4 is 28.8 Å². The van der Waals surface area contributed by atoms with Crippen molar-refractivity contribution in [1.29, 1.82) is 0 Å². The Hall–Kier alpha value is -2.02. The van der Waals surface area contributed by atoms with Gasteiger partial charge in [-0.25, -0.2) is 15.0 Å². The number of ether oxygens (including phenoxy) is 1. The molecule has 144 valence electrons. The minimum Gasteiger partial charge on any atom is -0.367 e. The summed E-state index contributed by atoms with van der Waals surface area (Å²) in [5, 5.41) is 3.74. The molecule has 0 N–H and O–H groups in total. The van der Waals surface area contributed by atoms with Gasteiger partial charge in [-0.1, -0.05) is 23.7 Å². The van der Waals surface area contributed by atoms with Gasteiger partial charge in [0.2, 0.25) is 0 Å². The highest BCUT2D eigenvalue weighted by atomic mass is 35.5. The summed E-state index contributed by atoms with van der Waals surface area (Å²) in [6.07, 6.45) is 6.27. The number of aromatic nitrogens is 3. The predicted octanol–water partition coefficient (Wildman–Crippen LogP) is 4.71. The lowest BCUT2D eigenvalue weighted by atomic mass is 9.95. The number of aryl methyl sites for hydroxylation is 1. The van der Waals surface area contributed by atoms with Crippen LogP contribution < -0.4 is 4.90 Å². The molecule has 1 atom stereocenters. The van der Waals surface area contributed by atoms with Crippen LogP contribution in [0.25, 0.3) is 11.4 Å². The van der Waals surface area contributed by atoms with E-state index in [4.69, 9.17) is 26.3 Å². The summed E-state index contributed by atoms with van der Waals surface area (Å²) in [6.45, 7) is 2.28. The Labute approximate surface area is 173 Å². The van der Waals surface area contributed by atoms with Crippen molar-refractivity contribution in [2.45, 2.75) is 31.8 Å². The summed E-state index contributed by atoms with van der Waals surface area (Å²) in [5.41, 5.74) is 3.45. The minimum absolute atomic E-state index is 0.00224. The van der Waals surface area contributed by atoms with Gasteiger partial charge in [0.1, 0.15) is 16.9 Å². The molecule has 0 amide bonds. The first-order valence-electron chi connectivity index (χ1n) is 9.69. The zero-order chi connectivity index (χ0) is 18.9. The first-order valence-corrected chi connectivity index (χ1v) is 11.0. The van der Waals surface area contributed by atoms with Gasteiger partial charge in [0.15, 0.2) is 5.82 Å². The van der Waals surface area contributed by atoms with Crippen LogP contribution in [0.15, 0.2) is 35.8 Å². The highest BCUT2D eigenvalue weighted by molar-refractivity contribution is 7.09. The first-order chi connectivity index (χ1) is 13.8. The molecule has 5 rings (SSSR count). The molecule has 28 heavy (non-hydrogen) atoms. The van der Waals surface area contributed by atoms with E-state index in [2.05, 4.69) is 9.88 Å². The van der Waals surface area contributed by atoms with E-state index in [1.807, 2.05) is 35.8 Å². The van der Waals surface area contributed by atoms with Crippen LogP contribution in [0.3, 0.4) is 0 Å². The summed E-state index contributed by atoms with van der Waals surface area (Å²) in [7, 11) is 0. The van der Waals surface area contributed by atoms with Crippen molar-refractivity contribution in [2.75, 3.05) is 24.6 Å². The topological polar surface area (TPSA) is 51.1 Å². The maximum atomic E-state index is 6.21. The van der Waals surface area contributed by atoms with Gasteiger partial charge in [-0.3, -0.25) is 0 Å². The van der Waals surface area contributed by atoms with E-state index in [1.54, 1.807) is 11.3 Å². The van der Waals surface area contributed by atoms with Crippen molar-refractivity contribution in [1.82, 2.24) is 15.0 Å². The second-order valence-corrected chi connectivity index (χ2v) is 8.55. The van der Waals surface area contributed by atoms with Gasteiger partial charge in [0, 0.05) is 40.0 Å². The lowest BCUT2D eigenvalue weighted by molar-refractivity contribution is 0.0393. The molecule has 1 unspecified atom stereocenters. The predicted molar refractivity (Wildman–Crippen MR) is 112 cm³/mol. The van der Waals surface area contributed by atoms with Gasteiger partial charge in [-0.05, 0) is 37.8 Å². The van der Waals surface area contributed by atoms with Gasteiger partial charge in [-0.2, -0.15) is 0 Å². The number of halogens is 1. The van der Waals surface area contributed by atoms with Crippen LogP contribution in [0.5, 0.6) is 0 Å². The maximum absolute atomic E-state index is 6.21. The van der Waals surface area contributed by atoms with Gasteiger partial charge in [0.25, 0.3) is 0 Å². The highest BCUT2D eigenvalue weighted by Gasteiger charge is 2.28. The Kier molecular flexibility index (Phi) is 5.01. The fraction of sp³-hybridized carbons (Fsp3) is 0.381. The third kappa shape index (κ3) is 3.52. The number of nitrogens with zero attached hydrogens (tertiary/aromatic N) is 4. The lowest BCUT2D eigenvalue weighted by Crippen LogP contribution is -2.40. The van der Waals surface area contributed by atoms with Crippen molar-refractivity contribution in [3.8, 4) is 11.4 Å². The molecule has 5 nitrogen and oxygen atoms in total. The SMILES string of the molecule is Clc1cccc(-c2nc3c(c(N4CCOC(c5nccs5)C4)n2)CCCC3)c1. The average molecular weight is 413 g/mol. The molecule has 0 radical (unpaired) electrons. The second kappa shape index (κ2) is 7.78. The Morgan fingerprint density at radius 2 is 2.11 bits per heavy atom. The van der Waals surface area contributed by atoms with Crippen LogP contribution in [-0.4, -0.2) is 34.6 Å². The molecular formula is C21H21ClN4OS. The Morgan fingerprint density at radius 1 is 1.18 bits per heavy atom. The number of hydrogen-bond donors (Lipinski definition) is 0. The van der Waals surface area contributed by atoms with Crippen LogP contribution in [-0.2, 0) is 17.6 Å². The quantitative estimate of drug-likeness (QED) is 0.623. The molecule has 2 aromatic heterocycles. The van der Waals surface area contributed by atoms with Gasteiger partial charge >= 0.3 is 0 Å². The second-order valence-electron chi connectivity index (χ2n) is 7.19. The summed E-state index contributed by atoms with van der Waals surface area (Å²) >= 11 is 7.86. The van der Waals surface area contributed by atoms with Crippen molar-refractivity contribution in [3.05, 3.63) is 57.1 Å². The molecule has 2 aliphatic rings. The number of rotatable bonds is 3. The standard InChI is InChI=1S/C21H21ClN4OS/c22-15-5-3-4-14(12-15)19-24-17-7-2-1-6-16(17)20(25-19)26-9-10-27-18(13-26)21-23-8-11-28-21/h3-5,8,11-12,18H,1-2,6-7,9-10,13H2. The summed E-state index contributed by atoms with van der Waals surface area (Å²) < 4.78 is 5.99. The van der Waals surface area contributed by atoms with E-state index in [0.29, 0.717) is 11.6 Å². The van der Waals surface area contributed by atoms with E-state index in [0.717, 1.165) is 48.1 Å². The van der Waals surface area contributed by atoms with Crippen LogP contribution in [0.4, 0.5) is 5.82 Å². The van der Waals surface area contributed by atoms with E-state index in [-0.39, 0.29) is 6.10 Å². The summed E-state index contributed by atoms with van der Waals surface area (Å²) in [4.78, 5) is 16.7. The van der Waals surface area contributed by atoms with Crippen molar-refractivity contribution in [3.63, 3.8) is 0 Å². The molecule has 1 aliphatic carbocycles. The molecular weight excluding hydrogens is 392 g/mol. The van der Waals surface area contributed by atoms with E-state index < -0.39 is 0 Å². The Morgan fingerprint density at radius 3 is 2.96 bits per heavy atom. The number of benzene rings is 1. The zero-order valence-corrected chi connectivity index (χ0v) is 17.0. The number of fused-ring (bicyclic) bond motifs is 1. The summed E-state index contributed by atoms with van der Waals surface area (Å²) in [5.74, 6) is 1.82. The number of thiazole rings is 1. The number of hydrogen-bond acceptors (Lipinski definition) is 6. The molecule has 1 fully saturated rings. The third-order valence-corrected chi connectivity index (χ3v) is 6.44. The lowest BCUT2D eigenvalue weighted by Gasteiger charge is -2.35. The van der Waals surface area contributed by atoms with E-state index >= 15 is 0 Å². The first kappa shape index (κ1) is 18.0. The van der Waals surface area contributed by atoms with Crippen molar-refractivity contribution < 1.29 is 4.74 Å². The molecule has 0 spiro atoms. The van der Waals surface area contributed by atoms with E-state index in [9.17, 15) is 0 Å². The number of anilines is 1. The van der Waals surface area contributed by atoms with Gasteiger partial charge in [-0.15, -0.1) is 11.3 Å². The summed E-state index contributed by atoms with van der Waals surface area (Å²) in [6, 6.07) is 7.80. The van der Waals surface area contributed by atoms with Crippen LogP contribution in [0, 0.1) is 0 Å². The minimum atomic E-state index is -0.00224. The van der Waals surface area contributed by atoms with Gasteiger partial charge < -0.3 is 9.64 Å². The van der Waals surface area contributed by atoms with Crippen LogP contribution >= 0.6 is 22.9 Å². The number of morpholine rings is 1. The molecule has 7 heteroatoms. The normalized spacial score (nSPS) is 19.5.